The summed E-state index contributed by atoms with van der Waals surface area (Å²) in [4.78, 5) is 0. The van der Waals surface area contributed by atoms with Crippen LogP contribution in [0.25, 0.3) is 0 Å². The zero-order valence-electron chi connectivity index (χ0n) is 8.85. The Morgan fingerprint density at radius 2 is 2.06 bits per heavy atom. The lowest BCUT2D eigenvalue weighted by Crippen LogP contribution is -2.34. The summed E-state index contributed by atoms with van der Waals surface area (Å²) in [5.41, 5.74) is -0.225. The summed E-state index contributed by atoms with van der Waals surface area (Å²) < 4.78 is 43.0. The van der Waals surface area contributed by atoms with Gasteiger partial charge in [0.2, 0.25) is 0 Å². The first kappa shape index (κ1) is 12.7. The van der Waals surface area contributed by atoms with Crippen molar-refractivity contribution in [3.05, 3.63) is 34.3 Å². The molecular weight excluding hydrogens is 255 g/mol. The van der Waals surface area contributed by atoms with Crippen LogP contribution in [0.1, 0.15) is 17.2 Å². The molecule has 0 bridgehead atoms. The molecule has 17 heavy (non-hydrogen) atoms. The van der Waals surface area contributed by atoms with Crippen molar-refractivity contribution in [2.75, 3.05) is 19.8 Å². The molecule has 1 aliphatic rings. The van der Waals surface area contributed by atoms with E-state index in [9.17, 15) is 13.2 Å². The summed E-state index contributed by atoms with van der Waals surface area (Å²) in [7, 11) is 0. The third-order valence-corrected chi connectivity index (χ3v) is 2.79. The van der Waals surface area contributed by atoms with E-state index in [4.69, 9.17) is 16.3 Å². The van der Waals surface area contributed by atoms with Crippen molar-refractivity contribution in [1.29, 1.82) is 0 Å². The molecule has 0 saturated carbocycles. The Kier molecular flexibility index (Phi) is 3.61. The van der Waals surface area contributed by atoms with Gasteiger partial charge in [-0.3, -0.25) is 0 Å². The number of alkyl halides is 3. The molecule has 0 aliphatic carbocycles. The van der Waals surface area contributed by atoms with Crippen molar-refractivity contribution in [2.45, 2.75) is 12.2 Å². The highest BCUT2D eigenvalue weighted by molar-refractivity contribution is 6.30. The fraction of sp³-hybridized carbons (Fsp3) is 0.455. The monoisotopic (exact) mass is 265 g/mol. The molecule has 6 heteroatoms. The molecule has 1 saturated heterocycles. The minimum atomic E-state index is -4.38. The molecule has 2 rings (SSSR count). The predicted octanol–water partition coefficient (Wildman–Crippen LogP) is 3.02. The Balaban J connectivity index is 2.31. The van der Waals surface area contributed by atoms with Crippen molar-refractivity contribution in [3.63, 3.8) is 0 Å². The first-order valence-electron chi connectivity index (χ1n) is 5.15. The second-order valence-corrected chi connectivity index (χ2v) is 4.29. The van der Waals surface area contributed by atoms with Gasteiger partial charge in [-0.25, -0.2) is 0 Å². The maximum atomic E-state index is 12.6. The molecule has 1 aromatic rings. The van der Waals surface area contributed by atoms with Crippen LogP contribution in [0, 0.1) is 0 Å². The third kappa shape index (κ3) is 3.12. The molecule has 0 amide bonds. The Bertz CT molecular complexity index is 402. The van der Waals surface area contributed by atoms with Crippen LogP contribution in [0.4, 0.5) is 13.2 Å². The van der Waals surface area contributed by atoms with Crippen LogP contribution in [0.2, 0.25) is 5.02 Å². The predicted molar refractivity (Wildman–Crippen MR) is 58.0 cm³/mol. The van der Waals surface area contributed by atoms with Gasteiger partial charge in [0.1, 0.15) is 0 Å². The summed E-state index contributed by atoms with van der Waals surface area (Å²) in [6.45, 7) is 1.55. The van der Waals surface area contributed by atoms with Gasteiger partial charge in [0.05, 0.1) is 24.8 Å². The summed E-state index contributed by atoms with van der Waals surface area (Å²) in [5, 5.41) is 3.18. The van der Waals surface area contributed by atoms with Crippen molar-refractivity contribution in [3.8, 4) is 0 Å². The highest BCUT2D eigenvalue weighted by Gasteiger charge is 2.32. The molecule has 1 fully saturated rings. The number of ether oxygens (including phenoxy) is 1. The molecule has 1 atom stereocenters. The van der Waals surface area contributed by atoms with Gasteiger partial charge in [0, 0.05) is 11.6 Å². The topological polar surface area (TPSA) is 21.3 Å². The fourth-order valence-corrected chi connectivity index (χ4v) is 2.00. The Labute approximate surface area is 102 Å². The highest BCUT2D eigenvalue weighted by atomic mass is 35.5. The largest absolute Gasteiger partial charge is 0.416 e. The van der Waals surface area contributed by atoms with E-state index in [2.05, 4.69) is 5.32 Å². The standard InChI is InChI=1S/C11H11ClF3NO/c12-9-4-7(10-6-17-2-1-16-10)3-8(5-9)11(13,14)15/h3-5,10,16H,1-2,6H2/t10-/m1/s1. The molecule has 1 heterocycles. The first-order valence-corrected chi connectivity index (χ1v) is 5.53. The van der Waals surface area contributed by atoms with E-state index in [1.165, 1.54) is 6.07 Å². The molecule has 0 spiro atoms. The van der Waals surface area contributed by atoms with Crippen LogP contribution in [0.15, 0.2) is 18.2 Å². The van der Waals surface area contributed by atoms with Gasteiger partial charge in [-0.05, 0) is 23.8 Å². The summed E-state index contributed by atoms with van der Waals surface area (Å²) in [5.74, 6) is 0. The van der Waals surface area contributed by atoms with Crippen LogP contribution in [0.5, 0.6) is 0 Å². The van der Waals surface area contributed by atoms with Gasteiger partial charge in [0.25, 0.3) is 0 Å². The van der Waals surface area contributed by atoms with Gasteiger partial charge < -0.3 is 10.1 Å². The van der Waals surface area contributed by atoms with Crippen molar-refractivity contribution in [1.82, 2.24) is 5.32 Å². The lowest BCUT2D eigenvalue weighted by atomic mass is 10.0. The Morgan fingerprint density at radius 1 is 1.29 bits per heavy atom. The maximum Gasteiger partial charge on any atom is 0.416 e. The molecule has 94 valence electrons. The van der Waals surface area contributed by atoms with E-state index >= 15 is 0 Å². The average Bonchev–Trinajstić information content (AvgIpc) is 2.28. The highest BCUT2D eigenvalue weighted by Crippen LogP contribution is 2.33. The number of nitrogens with one attached hydrogen (secondary N) is 1. The molecule has 1 aromatic carbocycles. The number of benzene rings is 1. The minimum Gasteiger partial charge on any atom is -0.378 e. The SMILES string of the molecule is FC(F)(F)c1cc(Cl)cc([C@H]2COCCN2)c1. The smallest absolute Gasteiger partial charge is 0.378 e. The molecule has 2 nitrogen and oxygen atoms in total. The van der Waals surface area contributed by atoms with Crippen molar-refractivity contribution in [2.24, 2.45) is 0 Å². The molecule has 0 radical (unpaired) electrons. The molecule has 0 aromatic heterocycles. The Morgan fingerprint density at radius 3 is 2.65 bits per heavy atom. The normalized spacial score (nSPS) is 21.5. The summed E-state index contributed by atoms with van der Waals surface area (Å²) >= 11 is 5.71. The number of hydrogen-bond acceptors (Lipinski definition) is 2. The van der Waals surface area contributed by atoms with Gasteiger partial charge in [-0.2, -0.15) is 13.2 Å². The van der Waals surface area contributed by atoms with E-state index in [-0.39, 0.29) is 11.1 Å². The van der Waals surface area contributed by atoms with Crippen LogP contribution < -0.4 is 5.32 Å². The maximum absolute atomic E-state index is 12.6. The van der Waals surface area contributed by atoms with Gasteiger partial charge in [-0.1, -0.05) is 11.6 Å². The van der Waals surface area contributed by atoms with Gasteiger partial charge in [0.15, 0.2) is 0 Å². The van der Waals surface area contributed by atoms with E-state index in [0.717, 1.165) is 12.1 Å². The van der Waals surface area contributed by atoms with E-state index < -0.39 is 11.7 Å². The van der Waals surface area contributed by atoms with Crippen molar-refractivity contribution >= 4 is 11.6 Å². The Hall–Kier alpha value is -0.780. The fourth-order valence-electron chi connectivity index (χ4n) is 1.76. The van der Waals surface area contributed by atoms with Gasteiger partial charge >= 0.3 is 6.18 Å². The van der Waals surface area contributed by atoms with E-state index in [1.54, 1.807) is 0 Å². The lowest BCUT2D eigenvalue weighted by Gasteiger charge is -2.25. The molecule has 0 unspecified atom stereocenters. The first-order chi connectivity index (χ1) is 7.97. The van der Waals surface area contributed by atoms with Crippen LogP contribution in [0.3, 0.4) is 0 Å². The lowest BCUT2D eigenvalue weighted by molar-refractivity contribution is -0.137. The summed E-state index contributed by atoms with van der Waals surface area (Å²) in [6, 6.07) is 3.33. The molecular formula is C11H11ClF3NO. The number of rotatable bonds is 1. The quantitative estimate of drug-likeness (QED) is 0.843. The van der Waals surface area contributed by atoms with Crippen molar-refractivity contribution < 1.29 is 17.9 Å². The van der Waals surface area contributed by atoms with E-state index in [0.29, 0.717) is 25.3 Å². The molecule has 1 aliphatic heterocycles. The summed E-state index contributed by atoms with van der Waals surface area (Å²) in [6.07, 6.45) is -4.38. The third-order valence-electron chi connectivity index (χ3n) is 2.57. The minimum absolute atomic E-state index is 0.0854. The second kappa shape index (κ2) is 4.84. The van der Waals surface area contributed by atoms with E-state index in [1.807, 2.05) is 0 Å². The number of hydrogen-bond donors (Lipinski definition) is 1. The van der Waals surface area contributed by atoms with Crippen LogP contribution >= 0.6 is 11.6 Å². The molecule has 1 N–H and O–H groups in total. The number of morpholine rings is 1. The number of halogens is 4. The second-order valence-electron chi connectivity index (χ2n) is 3.85. The zero-order chi connectivity index (χ0) is 12.5. The van der Waals surface area contributed by atoms with Crippen LogP contribution in [-0.4, -0.2) is 19.8 Å². The van der Waals surface area contributed by atoms with Gasteiger partial charge in [-0.15, -0.1) is 0 Å². The van der Waals surface area contributed by atoms with Crippen LogP contribution in [-0.2, 0) is 10.9 Å². The average molecular weight is 266 g/mol. The zero-order valence-corrected chi connectivity index (χ0v) is 9.61.